The fourth-order valence-electron chi connectivity index (χ4n) is 9.28. The summed E-state index contributed by atoms with van der Waals surface area (Å²) in [6, 6.07) is 95.0. The van der Waals surface area contributed by atoms with Crippen LogP contribution in [0.25, 0.3) is 112 Å². The van der Waals surface area contributed by atoms with Crippen LogP contribution in [-0.4, -0.2) is 9.97 Å². The lowest BCUT2D eigenvalue weighted by molar-refractivity contribution is 1.18. The van der Waals surface area contributed by atoms with E-state index in [4.69, 9.17) is 9.97 Å². The molecule has 0 amide bonds. The third-order valence-corrected chi connectivity index (χ3v) is 12.3. The van der Waals surface area contributed by atoms with Crippen molar-refractivity contribution >= 4 is 0 Å². The summed E-state index contributed by atoms with van der Waals surface area (Å²) < 4.78 is 0. The SMILES string of the molecule is c1ccc(-c2cccc(-c3nc(-c4ccccc4-c4ccccc4)cc(-c4ccccc4-c4cc(-c5ccccc5)c(-c5ccccc5)c(-c5ccccc5)c4-c4ccccc4)n3)c2)cc1. The molecule has 0 fully saturated rings. The van der Waals surface area contributed by atoms with Gasteiger partial charge in [0.1, 0.15) is 0 Å². The second-order valence-corrected chi connectivity index (χ2v) is 16.4. The van der Waals surface area contributed by atoms with Gasteiger partial charge in [-0.05, 0) is 96.1 Å². The highest BCUT2D eigenvalue weighted by Gasteiger charge is 2.26. The Bertz CT molecular complexity index is 3420. The molecular formula is C64H44N2. The van der Waals surface area contributed by atoms with Crippen LogP contribution in [0.15, 0.2) is 267 Å². The Kier molecular flexibility index (Phi) is 11.0. The van der Waals surface area contributed by atoms with E-state index in [0.29, 0.717) is 5.82 Å². The van der Waals surface area contributed by atoms with E-state index in [2.05, 4.69) is 267 Å². The van der Waals surface area contributed by atoms with Crippen LogP contribution < -0.4 is 0 Å². The molecule has 0 saturated carbocycles. The van der Waals surface area contributed by atoms with Gasteiger partial charge in [0.05, 0.1) is 11.4 Å². The highest BCUT2D eigenvalue weighted by Crippen LogP contribution is 2.51. The molecule has 0 spiro atoms. The minimum atomic E-state index is 0.663. The van der Waals surface area contributed by atoms with Gasteiger partial charge in [0.2, 0.25) is 0 Å². The van der Waals surface area contributed by atoms with Crippen molar-refractivity contribution in [3.8, 4) is 112 Å². The summed E-state index contributed by atoms with van der Waals surface area (Å²) in [7, 11) is 0. The summed E-state index contributed by atoms with van der Waals surface area (Å²) >= 11 is 0. The first-order valence-corrected chi connectivity index (χ1v) is 22.5. The van der Waals surface area contributed by atoms with Crippen molar-refractivity contribution < 1.29 is 0 Å². The van der Waals surface area contributed by atoms with Crippen molar-refractivity contribution in [3.05, 3.63) is 267 Å². The Morgan fingerprint density at radius 1 is 0.182 bits per heavy atom. The molecule has 2 nitrogen and oxygen atoms in total. The molecule has 0 aliphatic carbocycles. The second kappa shape index (κ2) is 18.2. The number of hydrogen-bond donors (Lipinski definition) is 0. The largest absolute Gasteiger partial charge is 0.228 e. The third-order valence-electron chi connectivity index (χ3n) is 12.3. The number of hydrogen-bond acceptors (Lipinski definition) is 2. The average Bonchev–Trinajstić information content (AvgIpc) is 3.41. The van der Waals surface area contributed by atoms with Gasteiger partial charge in [-0.2, -0.15) is 0 Å². The summed E-state index contributed by atoms with van der Waals surface area (Å²) in [5, 5.41) is 0. The molecule has 0 bridgehead atoms. The van der Waals surface area contributed by atoms with E-state index in [-0.39, 0.29) is 0 Å². The van der Waals surface area contributed by atoms with E-state index in [1.165, 1.54) is 11.1 Å². The standard InChI is InChI=1S/C64H44N2/c1-7-24-45(25-8-1)51-36-23-37-52(42-51)64-65-59(55-40-21-19-38-53(55)46-26-9-2-10-27-46)44-60(66-64)56-41-22-20-39-54(56)58-43-57(47-28-11-3-12-29-47)61(48-30-13-4-14-31-48)63(50-34-17-6-18-35-50)62(58)49-32-15-5-16-33-49/h1-44H. The molecule has 10 aromatic carbocycles. The zero-order chi connectivity index (χ0) is 44.1. The average molecular weight is 841 g/mol. The smallest absolute Gasteiger partial charge is 0.160 e. The lowest BCUT2D eigenvalue weighted by Crippen LogP contribution is -2.00. The van der Waals surface area contributed by atoms with Crippen LogP contribution in [0, 0.1) is 0 Å². The highest BCUT2D eigenvalue weighted by molar-refractivity contribution is 6.08. The summed E-state index contributed by atoms with van der Waals surface area (Å²) in [5.41, 5.74) is 20.7. The zero-order valence-electron chi connectivity index (χ0n) is 36.3. The summed E-state index contributed by atoms with van der Waals surface area (Å²) in [5.74, 6) is 0.663. The van der Waals surface area contributed by atoms with Crippen molar-refractivity contribution in [2.45, 2.75) is 0 Å². The predicted molar refractivity (Wildman–Crippen MR) is 276 cm³/mol. The molecule has 0 atom stereocenters. The van der Waals surface area contributed by atoms with Gasteiger partial charge < -0.3 is 0 Å². The highest BCUT2D eigenvalue weighted by atomic mass is 14.9. The quantitative estimate of drug-likeness (QED) is 0.137. The number of nitrogens with zero attached hydrogens (tertiary/aromatic N) is 2. The van der Waals surface area contributed by atoms with Gasteiger partial charge in [-0.15, -0.1) is 0 Å². The van der Waals surface area contributed by atoms with Gasteiger partial charge in [-0.25, -0.2) is 9.97 Å². The molecule has 0 saturated heterocycles. The summed E-state index contributed by atoms with van der Waals surface area (Å²) in [4.78, 5) is 11.0. The van der Waals surface area contributed by atoms with E-state index >= 15 is 0 Å². The second-order valence-electron chi connectivity index (χ2n) is 16.4. The van der Waals surface area contributed by atoms with Crippen LogP contribution in [-0.2, 0) is 0 Å². The van der Waals surface area contributed by atoms with E-state index < -0.39 is 0 Å². The van der Waals surface area contributed by atoms with E-state index in [9.17, 15) is 0 Å². The van der Waals surface area contributed by atoms with Gasteiger partial charge in [-0.1, -0.05) is 249 Å². The van der Waals surface area contributed by atoms with Crippen LogP contribution >= 0.6 is 0 Å². The third kappa shape index (κ3) is 7.93. The molecule has 11 aromatic rings. The maximum Gasteiger partial charge on any atom is 0.160 e. The maximum atomic E-state index is 5.54. The van der Waals surface area contributed by atoms with Crippen LogP contribution in [0.1, 0.15) is 0 Å². The Labute approximate surface area is 386 Å². The number of rotatable bonds is 10. The fraction of sp³-hybridized carbons (Fsp3) is 0. The molecular weight excluding hydrogens is 797 g/mol. The first-order valence-electron chi connectivity index (χ1n) is 22.5. The van der Waals surface area contributed by atoms with Crippen molar-refractivity contribution in [2.75, 3.05) is 0 Å². The molecule has 2 heteroatoms. The number of benzene rings is 10. The van der Waals surface area contributed by atoms with Crippen LogP contribution in [0.3, 0.4) is 0 Å². The van der Waals surface area contributed by atoms with E-state index in [1.807, 2.05) is 0 Å². The van der Waals surface area contributed by atoms with Gasteiger partial charge in [-0.3, -0.25) is 0 Å². The Balaban J connectivity index is 1.22. The topological polar surface area (TPSA) is 25.8 Å². The monoisotopic (exact) mass is 840 g/mol. The van der Waals surface area contributed by atoms with Crippen molar-refractivity contribution in [3.63, 3.8) is 0 Å². The Morgan fingerprint density at radius 3 is 1.05 bits per heavy atom. The van der Waals surface area contributed by atoms with E-state index in [1.54, 1.807) is 0 Å². The van der Waals surface area contributed by atoms with Crippen molar-refractivity contribution in [2.24, 2.45) is 0 Å². The van der Waals surface area contributed by atoms with Crippen LogP contribution in [0.2, 0.25) is 0 Å². The van der Waals surface area contributed by atoms with Crippen LogP contribution in [0.5, 0.6) is 0 Å². The fourth-order valence-corrected chi connectivity index (χ4v) is 9.28. The molecule has 0 radical (unpaired) electrons. The van der Waals surface area contributed by atoms with E-state index in [0.717, 1.165) is 94.8 Å². The maximum absolute atomic E-state index is 5.54. The molecule has 0 N–H and O–H groups in total. The summed E-state index contributed by atoms with van der Waals surface area (Å²) in [6.07, 6.45) is 0. The molecule has 0 aliphatic heterocycles. The Hall–Kier alpha value is -8.72. The van der Waals surface area contributed by atoms with Gasteiger partial charge in [0.15, 0.2) is 5.82 Å². The van der Waals surface area contributed by atoms with Gasteiger partial charge >= 0.3 is 0 Å². The Morgan fingerprint density at radius 2 is 0.530 bits per heavy atom. The van der Waals surface area contributed by atoms with Gasteiger partial charge in [0.25, 0.3) is 0 Å². The van der Waals surface area contributed by atoms with Crippen molar-refractivity contribution in [1.29, 1.82) is 0 Å². The lowest BCUT2D eigenvalue weighted by atomic mass is 9.78. The normalized spacial score (nSPS) is 11.0. The molecule has 1 aromatic heterocycles. The first kappa shape index (κ1) is 40.1. The molecule has 66 heavy (non-hydrogen) atoms. The van der Waals surface area contributed by atoms with Crippen LogP contribution in [0.4, 0.5) is 0 Å². The first-order chi connectivity index (χ1) is 32.8. The summed E-state index contributed by atoms with van der Waals surface area (Å²) in [6.45, 7) is 0. The number of aromatic nitrogens is 2. The van der Waals surface area contributed by atoms with Crippen molar-refractivity contribution in [1.82, 2.24) is 9.97 Å². The predicted octanol–water partition coefficient (Wildman–Crippen LogP) is 17.1. The molecule has 1 heterocycles. The molecule has 0 unspecified atom stereocenters. The minimum Gasteiger partial charge on any atom is -0.228 e. The molecule has 11 rings (SSSR count). The minimum absolute atomic E-state index is 0.663. The zero-order valence-corrected chi connectivity index (χ0v) is 36.3. The molecule has 310 valence electrons. The van der Waals surface area contributed by atoms with Gasteiger partial charge in [0, 0.05) is 16.7 Å². The lowest BCUT2D eigenvalue weighted by Gasteiger charge is -2.25. The molecule has 0 aliphatic rings.